The molecule has 1 saturated heterocycles. The Labute approximate surface area is 180 Å². The van der Waals surface area contributed by atoms with Gasteiger partial charge in [-0.2, -0.15) is 0 Å². The van der Waals surface area contributed by atoms with Crippen molar-refractivity contribution in [1.29, 1.82) is 0 Å². The van der Waals surface area contributed by atoms with E-state index in [9.17, 15) is 4.39 Å². The molecule has 6 heteroatoms. The van der Waals surface area contributed by atoms with Crippen LogP contribution in [-0.2, 0) is 17.8 Å². The quantitative estimate of drug-likeness (QED) is 0.558. The number of anilines is 2. The number of halogens is 2. The van der Waals surface area contributed by atoms with E-state index in [1.165, 1.54) is 40.8 Å². The number of aromatic nitrogens is 1. The first kappa shape index (κ1) is 19.5. The molecule has 1 atom stereocenters. The predicted octanol–water partition coefficient (Wildman–Crippen LogP) is 5.78. The minimum Gasteiger partial charge on any atom is -0.376 e. The van der Waals surface area contributed by atoms with Crippen molar-refractivity contribution in [1.82, 2.24) is 10.3 Å². The van der Waals surface area contributed by atoms with E-state index in [4.69, 9.17) is 16.3 Å². The summed E-state index contributed by atoms with van der Waals surface area (Å²) in [6.45, 7) is 2.54. The number of hydrogen-bond donors (Lipinski definition) is 2. The van der Waals surface area contributed by atoms with Crippen LogP contribution in [0.4, 0.5) is 15.9 Å². The molecule has 1 unspecified atom stereocenters. The van der Waals surface area contributed by atoms with Gasteiger partial charge in [0.15, 0.2) is 0 Å². The van der Waals surface area contributed by atoms with E-state index in [1.54, 1.807) is 6.07 Å². The zero-order valence-corrected chi connectivity index (χ0v) is 17.3. The maximum Gasteiger partial charge on any atom is 0.130 e. The Morgan fingerprint density at radius 1 is 1.13 bits per heavy atom. The van der Waals surface area contributed by atoms with Crippen LogP contribution in [0.15, 0.2) is 48.7 Å². The summed E-state index contributed by atoms with van der Waals surface area (Å²) in [7, 11) is 0. The van der Waals surface area contributed by atoms with Crippen molar-refractivity contribution in [3.8, 4) is 11.1 Å². The summed E-state index contributed by atoms with van der Waals surface area (Å²) in [6.07, 6.45) is 5.18. The molecule has 2 aliphatic rings. The van der Waals surface area contributed by atoms with E-state index in [0.29, 0.717) is 29.2 Å². The number of nitrogens with zero attached hydrogens (tertiary/aromatic N) is 1. The molecule has 0 bridgehead atoms. The Morgan fingerprint density at radius 3 is 2.83 bits per heavy atom. The van der Waals surface area contributed by atoms with Gasteiger partial charge in [-0.05, 0) is 84.5 Å². The minimum atomic E-state index is -0.362. The van der Waals surface area contributed by atoms with Crippen molar-refractivity contribution in [2.75, 3.05) is 18.5 Å². The smallest absolute Gasteiger partial charge is 0.130 e. The molecule has 1 aromatic heterocycles. The van der Waals surface area contributed by atoms with Crippen LogP contribution >= 0.6 is 11.6 Å². The molecule has 2 aromatic carbocycles. The van der Waals surface area contributed by atoms with Crippen molar-refractivity contribution in [2.24, 2.45) is 0 Å². The van der Waals surface area contributed by atoms with Gasteiger partial charge in [-0.25, -0.2) is 9.37 Å². The van der Waals surface area contributed by atoms with Crippen LogP contribution in [-0.4, -0.2) is 18.1 Å². The molecule has 3 heterocycles. The molecule has 154 valence electrons. The van der Waals surface area contributed by atoms with Gasteiger partial charge in [-0.1, -0.05) is 17.7 Å². The van der Waals surface area contributed by atoms with Crippen LogP contribution in [0.2, 0.25) is 5.02 Å². The summed E-state index contributed by atoms with van der Waals surface area (Å²) in [5.41, 5.74) is 6.96. The molecule has 2 N–H and O–H groups in total. The van der Waals surface area contributed by atoms with Crippen molar-refractivity contribution in [3.05, 3.63) is 76.2 Å². The van der Waals surface area contributed by atoms with Gasteiger partial charge < -0.3 is 15.4 Å². The molecule has 0 aliphatic carbocycles. The third kappa shape index (κ3) is 3.93. The van der Waals surface area contributed by atoms with E-state index in [2.05, 4.69) is 33.8 Å². The Kier molecular flexibility index (Phi) is 5.42. The van der Waals surface area contributed by atoms with E-state index >= 15 is 0 Å². The third-order valence-corrected chi connectivity index (χ3v) is 6.18. The highest BCUT2D eigenvalue weighted by molar-refractivity contribution is 6.33. The summed E-state index contributed by atoms with van der Waals surface area (Å²) in [5, 5.41) is 7.10. The molecule has 2 aliphatic heterocycles. The zero-order chi connectivity index (χ0) is 20.5. The standard InChI is InChI=1S/C24H23ClFN3O/c25-21-12-18(26)4-5-23(21)29-24-6-3-16(13-28-24)17-10-15-7-9-30-14-20(15)19(11-17)22-2-1-8-27-22/h3-6,10-13,22,27H,1-2,7-9,14H2,(H,28,29). The lowest BCUT2D eigenvalue weighted by atomic mass is 9.89. The molecule has 0 radical (unpaired) electrons. The normalized spacial score (nSPS) is 18.3. The fourth-order valence-electron chi connectivity index (χ4n) is 4.31. The monoisotopic (exact) mass is 423 g/mol. The summed E-state index contributed by atoms with van der Waals surface area (Å²) >= 11 is 6.11. The molecule has 3 aromatic rings. The molecule has 5 rings (SSSR count). The van der Waals surface area contributed by atoms with Crippen LogP contribution in [0.1, 0.15) is 35.6 Å². The van der Waals surface area contributed by atoms with Gasteiger partial charge in [-0.3, -0.25) is 0 Å². The van der Waals surface area contributed by atoms with E-state index < -0.39 is 0 Å². The first-order valence-corrected chi connectivity index (χ1v) is 10.7. The maximum atomic E-state index is 13.3. The van der Waals surface area contributed by atoms with E-state index in [1.807, 2.05) is 12.3 Å². The summed E-state index contributed by atoms with van der Waals surface area (Å²) < 4.78 is 19.0. The van der Waals surface area contributed by atoms with Gasteiger partial charge in [0.05, 0.1) is 23.9 Å². The number of benzene rings is 2. The van der Waals surface area contributed by atoms with Crippen LogP contribution in [0.3, 0.4) is 0 Å². The van der Waals surface area contributed by atoms with Crippen molar-refractivity contribution < 1.29 is 9.13 Å². The second kappa shape index (κ2) is 8.34. The van der Waals surface area contributed by atoms with Crippen LogP contribution < -0.4 is 10.6 Å². The van der Waals surface area contributed by atoms with Gasteiger partial charge in [0.25, 0.3) is 0 Å². The highest BCUT2D eigenvalue weighted by atomic mass is 35.5. The first-order chi connectivity index (χ1) is 14.7. The number of rotatable bonds is 4. The first-order valence-electron chi connectivity index (χ1n) is 10.3. The molecular formula is C24H23ClFN3O. The number of hydrogen-bond acceptors (Lipinski definition) is 4. The van der Waals surface area contributed by atoms with Crippen LogP contribution in [0.5, 0.6) is 0 Å². The lowest BCUT2D eigenvalue weighted by molar-refractivity contribution is 0.109. The average molecular weight is 424 g/mol. The van der Waals surface area contributed by atoms with Gasteiger partial charge in [0.2, 0.25) is 0 Å². The fraction of sp³-hybridized carbons (Fsp3) is 0.292. The average Bonchev–Trinajstić information content (AvgIpc) is 3.30. The largest absolute Gasteiger partial charge is 0.376 e. The van der Waals surface area contributed by atoms with E-state index in [0.717, 1.165) is 31.6 Å². The summed E-state index contributed by atoms with van der Waals surface area (Å²) in [5.74, 6) is 0.301. The Bertz CT molecular complexity index is 1060. The van der Waals surface area contributed by atoms with Gasteiger partial charge in [-0.15, -0.1) is 0 Å². The molecule has 0 saturated carbocycles. The zero-order valence-electron chi connectivity index (χ0n) is 16.6. The highest BCUT2D eigenvalue weighted by Gasteiger charge is 2.24. The second-order valence-electron chi connectivity index (χ2n) is 7.84. The molecule has 1 fully saturated rings. The van der Waals surface area contributed by atoms with Gasteiger partial charge in [0, 0.05) is 17.8 Å². The summed E-state index contributed by atoms with van der Waals surface area (Å²) in [6, 6.07) is 13.2. The Hall–Kier alpha value is -2.47. The number of fused-ring (bicyclic) bond motifs is 1. The predicted molar refractivity (Wildman–Crippen MR) is 118 cm³/mol. The van der Waals surface area contributed by atoms with Crippen molar-refractivity contribution in [3.63, 3.8) is 0 Å². The van der Waals surface area contributed by atoms with Crippen LogP contribution in [0, 0.1) is 5.82 Å². The molecule has 4 nitrogen and oxygen atoms in total. The number of pyridine rings is 1. The number of ether oxygens (including phenoxy) is 1. The molecule has 0 amide bonds. The molecular weight excluding hydrogens is 401 g/mol. The molecule has 0 spiro atoms. The van der Waals surface area contributed by atoms with Crippen molar-refractivity contribution >= 4 is 23.1 Å². The lowest BCUT2D eigenvalue weighted by Gasteiger charge is -2.24. The van der Waals surface area contributed by atoms with Gasteiger partial charge in [0.1, 0.15) is 11.6 Å². The minimum absolute atomic E-state index is 0.325. The maximum absolute atomic E-state index is 13.3. The Morgan fingerprint density at radius 2 is 2.07 bits per heavy atom. The lowest BCUT2D eigenvalue weighted by Crippen LogP contribution is -2.19. The molecule has 30 heavy (non-hydrogen) atoms. The fourth-order valence-corrected chi connectivity index (χ4v) is 4.52. The van der Waals surface area contributed by atoms with Gasteiger partial charge >= 0.3 is 0 Å². The number of nitrogens with one attached hydrogen (secondary N) is 2. The SMILES string of the molecule is Fc1ccc(Nc2ccc(-c3cc4c(c(C5CCCN5)c3)COCC4)cn2)c(Cl)c1. The second-order valence-corrected chi connectivity index (χ2v) is 8.24. The van der Waals surface area contributed by atoms with Crippen LogP contribution in [0.25, 0.3) is 11.1 Å². The topological polar surface area (TPSA) is 46.2 Å². The van der Waals surface area contributed by atoms with E-state index in [-0.39, 0.29) is 5.82 Å². The van der Waals surface area contributed by atoms with Crippen molar-refractivity contribution in [2.45, 2.75) is 31.9 Å². The highest BCUT2D eigenvalue weighted by Crippen LogP contribution is 2.35. The third-order valence-electron chi connectivity index (χ3n) is 5.87. The Balaban J connectivity index is 1.44. The summed E-state index contributed by atoms with van der Waals surface area (Å²) in [4.78, 5) is 4.55.